The first-order chi connectivity index (χ1) is 31.9. The van der Waals surface area contributed by atoms with Gasteiger partial charge in [0.15, 0.2) is 11.5 Å². The maximum absolute atomic E-state index is 14.7. The second-order valence-corrected chi connectivity index (χ2v) is 24.8. The third-order valence-corrected chi connectivity index (χ3v) is 19.8. The number of hydrogen-bond donors (Lipinski definition) is 4. The molecule has 14 nitrogen and oxygen atoms in total. The monoisotopic (exact) mass is 970 g/mol. The molecule has 5 saturated carbocycles. The Labute approximate surface area is 403 Å². The van der Waals surface area contributed by atoms with Gasteiger partial charge in [-0.15, -0.1) is 0 Å². The third-order valence-electron chi connectivity index (χ3n) is 19.8. The van der Waals surface area contributed by atoms with Gasteiger partial charge in [-0.05, 0) is 154 Å². The number of allylic oxidation sites excluding steroid dienone is 1. The van der Waals surface area contributed by atoms with Gasteiger partial charge in [-0.25, -0.2) is 4.79 Å². The highest BCUT2D eigenvalue weighted by Gasteiger charge is 2.71. The lowest BCUT2D eigenvalue weighted by molar-refractivity contribution is -0.235. The van der Waals surface area contributed by atoms with Crippen LogP contribution in [0.2, 0.25) is 0 Å². The highest BCUT2D eigenvalue weighted by atomic mass is 19.4. The number of rotatable bonds is 9. The summed E-state index contributed by atoms with van der Waals surface area (Å²) in [6, 6.07) is 0.473. The van der Waals surface area contributed by atoms with Gasteiger partial charge in [-0.1, -0.05) is 62.3 Å². The van der Waals surface area contributed by atoms with Gasteiger partial charge in [-0.3, -0.25) is 24.0 Å². The Bertz CT molecular complexity index is 2350. The van der Waals surface area contributed by atoms with E-state index in [1.807, 2.05) is 27.7 Å². The number of nitrogens with zero attached hydrogens (tertiary/aromatic N) is 2. The number of carboxylic acids is 1. The van der Waals surface area contributed by atoms with Crippen molar-refractivity contribution in [3.63, 3.8) is 0 Å². The van der Waals surface area contributed by atoms with E-state index in [-0.39, 0.29) is 70.1 Å². The van der Waals surface area contributed by atoms with Crippen molar-refractivity contribution in [3.8, 4) is 0 Å². The molecule has 0 unspecified atom stereocenters. The molecule has 4 N–H and O–H groups in total. The van der Waals surface area contributed by atoms with Crippen LogP contribution in [0.1, 0.15) is 169 Å². The van der Waals surface area contributed by atoms with E-state index in [0.717, 1.165) is 49.7 Å². The van der Waals surface area contributed by atoms with Gasteiger partial charge in [0.05, 0.1) is 17.4 Å². The number of esters is 1. The van der Waals surface area contributed by atoms with Crippen molar-refractivity contribution in [2.75, 3.05) is 13.1 Å². The van der Waals surface area contributed by atoms with Crippen LogP contribution in [0.4, 0.5) is 18.0 Å². The van der Waals surface area contributed by atoms with Gasteiger partial charge >= 0.3 is 24.2 Å². The smallest absolute Gasteiger partial charge is 0.435 e. The number of carbonyl (C=O) groups is 6. The molecule has 0 radical (unpaired) electrons. The molecule has 1 aromatic rings. The van der Waals surface area contributed by atoms with Crippen LogP contribution in [0.3, 0.4) is 0 Å². The van der Waals surface area contributed by atoms with E-state index in [4.69, 9.17) is 9.47 Å². The fourth-order valence-electron chi connectivity index (χ4n) is 15.6. The third kappa shape index (κ3) is 8.04. The highest BCUT2D eigenvalue weighted by molar-refractivity contribution is 6.04. The predicted octanol–water partition coefficient (Wildman–Crippen LogP) is 8.66. The van der Waals surface area contributed by atoms with Crippen molar-refractivity contribution in [2.45, 2.75) is 183 Å². The van der Waals surface area contributed by atoms with Gasteiger partial charge < -0.3 is 30.5 Å². The summed E-state index contributed by atoms with van der Waals surface area (Å²) < 4.78 is 54.1. The van der Waals surface area contributed by atoms with E-state index in [2.05, 4.69) is 55.7 Å². The Hall–Kier alpha value is -4.28. The molecule has 6 fully saturated rings. The quantitative estimate of drug-likeness (QED) is 0.173. The molecule has 17 heteroatoms. The minimum atomic E-state index is -4.98. The summed E-state index contributed by atoms with van der Waals surface area (Å²) >= 11 is 0. The van der Waals surface area contributed by atoms with Gasteiger partial charge in [0.1, 0.15) is 23.4 Å². The number of hydrogen-bond acceptors (Lipinski definition) is 10. The predicted molar refractivity (Wildman–Crippen MR) is 247 cm³/mol. The minimum Gasteiger partial charge on any atom is -0.481 e. The molecular formula is C52H74F3N5O9. The first-order valence-electron chi connectivity index (χ1n) is 25.3. The van der Waals surface area contributed by atoms with E-state index >= 15 is 0 Å². The summed E-state index contributed by atoms with van der Waals surface area (Å²) in [5, 5.41) is 22.1. The Kier molecular flexibility index (Phi) is 12.5. The van der Waals surface area contributed by atoms with Crippen LogP contribution in [-0.2, 0) is 34.8 Å². The molecule has 0 bridgehead atoms. The molecule has 7 aliphatic rings. The summed E-state index contributed by atoms with van der Waals surface area (Å²) in [5.41, 5.74) is -4.77. The van der Waals surface area contributed by atoms with Crippen molar-refractivity contribution in [1.29, 1.82) is 0 Å². The number of ketones is 1. The number of nitrogens with one attached hydrogen (secondary N) is 3. The SMILES string of the molecule is CC(C)C1=C2[C@H]3CC[C@@H]4[C@@]5(C)CC[C@H](OC(=O)[C@H]6C[C@@H](C(=O)O)C6(C)C)C(C)(C)[C@@H]5CC[C@@]4(C)[C@]3(C)CC[C@@]2(NC(=O)C(C)(C)NC(=O)c2cc(C(F)(F)F)nn2C(=O)OC2CCNCC2)CC1=O. The minimum absolute atomic E-state index is 0.0245. The average Bonchev–Trinajstić information content (AvgIpc) is 3.82. The summed E-state index contributed by atoms with van der Waals surface area (Å²) in [6.07, 6.45) is 0.473. The lowest BCUT2D eigenvalue weighted by Gasteiger charge is -2.72. The molecule has 0 aromatic carbocycles. The van der Waals surface area contributed by atoms with E-state index in [9.17, 15) is 47.0 Å². The molecule has 6 aliphatic carbocycles. The number of carbonyl (C=O) groups excluding carboxylic acids is 5. The maximum atomic E-state index is 14.7. The number of ether oxygens (including phenoxy) is 2. The summed E-state index contributed by atoms with van der Waals surface area (Å²) in [6.45, 7) is 23.4. The number of halogens is 3. The molecule has 1 saturated heterocycles. The Morgan fingerprint density at radius 3 is 2.12 bits per heavy atom. The summed E-state index contributed by atoms with van der Waals surface area (Å²) in [4.78, 5) is 81.7. The standard InChI is InChI=1S/C52H74F3N5O9/c1-27(2)38-33(61)26-51(58-43(66)47(7,8)57-40(62)32-25-36(52(53,54)55)59-60(32)44(67)68-28-16-22-56-23-17-28)21-20-49(10)29(39(38)51)12-13-35-48(9)18-15-37(46(5,6)34(48)14-19-50(35,49)11)69-42(65)31-24-30(41(63)64)45(31,3)4/h25,27-31,34-35,37,56H,12-24,26H2,1-11H3,(H,57,62)(H,58,66)(H,63,64)/t29-,30+,31-,34+,35-,37+,48+,49-,50-,51-/m1/s1. The van der Waals surface area contributed by atoms with Crippen LogP contribution in [0, 0.1) is 62.6 Å². The molecule has 8 rings (SSSR count). The Balaban J connectivity index is 1.02. The van der Waals surface area contributed by atoms with Gasteiger partial charge in [-0.2, -0.15) is 23.0 Å². The second-order valence-electron chi connectivity index (χ2n) is 24.8. The van der Waals surface area contributed by atoms with Gasteiger partial charge in [0.2, 0.25) is 5.91 Å². The summed E-state index contributed by atoms with van der Waals surface area (Å²) in [5.74, 6) is -3.58. The van der Waals surface area contributed by atoms with Crippen LogP contribution in [0.5, 0.6) is 0 Å². The van der Waals surface area contributed by atoms with Crippen molar-refractivity contribution >= 4 is 35.6 Å². The van der Waals surface area contributed by atoms with E-state index in [1.165, 1.54) is 13.8 Å². The number of amides is 2. The average molecular weight is 970 g/mol. The number of aromatic nitrogens is 2. The normalized spacial score (nSPS) is 36.2. The number of carboxylic acid groups (broad SMARTS) is 1. The van der Waals surface area contributed by atoms with E-state index in [1.54, 1.807) is 0 Å². The van der Waals surface area contributed by atoms with E-state index < -0.39 is 75.9 Å². The number of Topliss-reactive ketones (excluding diaryl/α,β-unsaturated/α-hetero) is 1. The van der Waals surface area contributed by atoms with Gasteiger partial charge in [0, 0.05) is 17.9 Å². The summed E-state index contributed by atoms with van der Waals surface area (Å²) in [7, 11) is 0. The lowest BCUT2D eigenvalue weighted by Crippen LogP contribution is -2.68. The van der Waals surface area contributed by atoms with Crippen LogP contribution in [0.25, 0.3) is 0 Å². The molecule has 69 heavy (non-hydrogen) atoms. The van der Waals surface area contributed by atoms with Crippen LogP contribution < -0.4 is 16.0 Å². The molecular weight excluding hydrogens is 896 g/mol. The largest absolute Gasteiger partial charge is 0.481 e. The number of fused-ring (bicyclic) bond motifs is 7. The molecule has 1 aromatic heterocycles. The number of piperidine rings is 1. The molecule has 2 heterocycles. The zero-order chi connectivity index (χ0) is 50.8. The zero-order valence-electron chi connectivity index (χ0n) is 42.3. The molecule has 10 atom stereocenters. The number of alkyl halides is 3. The van der Waals surface area contributed by atoms with Crippen molar-refractivity contribution in [3.05, 3.63) is 28.6 Å². The van der Waals surface area contributed by atoms with Gasteiger partial charge in [0.25, 0.3) is 5.91 Å². The Morgan fingerprint density at radius 2 is 1.51 bits per heavy atom. The topological polar surface area (TPSA) is 195 Å². The van der Waals surface area contributed by atoms with Crippen molar-refractivity contribution < 1.29 is 56.5 Å². The Morgan fingerprint density at radius 1 is 0.841 bits per heavy atom. The molecule has 1 aliphatic heterocycles. The zero-order valence-corrected chi connectivity index (χ0v) is 42.3. The van der Waals surface area contributed by atoms with Crippen LogP contribution in [0.15, 0.2) is 17.2 Å². The fourth-order valence-corrected chi connectivity index (χ4v) is 15.6. The van der Waals surface area contributed by atoms with E-state index in [0.29, 0.717) is 55.4 Å². The molecule has 2 amide bonds. The van der Waals surface area contributed by atoms with Crippen molar-refractivity contribution in [1.82, 2.24) is 25.7 Å². The number of aliphatic carboxylic acids is 1. The van der Waals surface area contributed by atoms with Crippen LogP contribution >= 0.6 is 0 Å². The molecule has 382 valence electrons. The molecule has 0 spiro atoms. The van der Waals surface area contributed by atoms with Crippen molar-refractivity contribution in [2.24, 2.45) is 62.6 Å². The maximum Gasteiger partial charge on any atom is 0.435 e. The highest BCUT2D eigenvalue weighted by Crippen LogP contribution is 2.76. The second kappa shape index (κ2) is 16.9. The van der Waals surface area contributed by atoms with Crippen LogP contribution in [-0.4, -0.2) is 86.9 Å². The fraction of sp³-hybridized carbons (Fsp3) is 0.788. The lowest BCUT2D eigenvalue weighted by atomic mass is 9.33. The first-order valence-corrected chi connectivity index (χ1v) is 25.3. The first kappa shape index (κ1) is 51.1.